The van der Waals surface area contributed by atoms with Gasteiger partial charge in [-0.25, -0.2) is 8.42 Å². The second kappa shape index (κ2) is 10.1. The predicted molar refractivity (Wildman–Crippen MR) is 108 cm³/mol. The standard InChI is InChI=1S/C17H26F6N2O8S2/c1-4-14(2,3)12(27)6-5-11(26)13(28)24-7-9-25(10-8-24)34(29,30)16(20,21)15(18,19)17(22,23)35(31,32)33/h11,26H,4-10H2,1-3H3,(H,31,32,33). The molecule has 0 bridgehead atoms. The van der Waals surface area contributed by atoms with E-state index in [2.05, 4.69) is 0 Å². The molecule has 10 nitrogen and oxygen atoms in total. The zero-order valence-electron chi connectivity index (χ0n) is 18.8. The predicted octanol–water partition coefficient (Wildman–Crippen LogP) is 1.32. The minimum atomic E-state index is -7.14. The van der Waals surface area contributed by atoms with Crippen LogP contribution in [-0.2, 0) is 29.7 Å². The third-order valence-electron chi connectivity index (χ3n) is 5.84. The number of aliphatic hydroxyl groups is 1. The first-order valence-electron chi connectivity index (χ1n) is 10.1. The lowest BCUT2D eigenvalue weighted by molar-refractivity contribution is -0.247. The summed E-state index contributed by atoms with van der Waals surface area (Å²) in [6.45, 7) is 1.51. The summed E-state index contributed by atoms with van der Waals surface area (Å²) in [6.07, 6.45) is -1.69. The Hall–Kier alpha value is -1.50. The SMILES string of the molecule is CCC(C)(C)C(=O)CCC(O)C(=O)N1CCN(S(=O)(=O)C(F)(F)C(F)(F)C(F)(F)S(=O)(=O)O)CC1. The molecule has 0 saturated carbocycles. The van der Waals surface area contributed by atoms with Crippen LogP contribution in [0.1, 0.15) is 40.0 Å². The molecule has 1 rings (SSSR count). The van der Waals surface area contributed by atoms with Gasteiger partial charge >= 0.3 is 26.5 Å². The highest BCUT2D eigenvalue weighted by Crippen LogP contribution is 2.51. The fourth-order valence-corrected chi connectivity index (χ4v) is 4.88. The Balaban J connectivity index is 2.93. The molecule has 1 atom stereocenters. The highest BCUT2D eigenvalue weighted by Gasteiger charge is 2.82. The normalized spacial score (nSPS) is 18.4. The van der Waals surface area contributed by atoms with Crippen molar-refractivity contribution in [2.24, 2.45) is 5.41 Å². The minimum Gasteiger partial charge on any atom is -0.383 e. The van der Waals surface area contributed by atoms with Gasteiger partial charge < -0.3 is 10.0 Å². The third kappa shape index (κ3) is 5.75. The van der Waals surface area contributed by atoms with E-state index in [1.807, 2.05) is 0 Å². The van der Waals surface area contributed by atoms with Gasteiger partial charge in [-0.3, -0.25) is 14.1 Å². The van der Waals surface area contributed by atoms with Crippen molar-refractivity contribution in [3.05, 3.63) is 0 Å². The van der Waals surface area contributed by atoms with Gasteiger partial charge in [-0.2, -0.15) is 39.1 Å². The van der Waals surface area contributed by atoms with Gasteiger partial charge in [0.2, 0.25) is 0 Å². The van der Waals surface area contributed by atoms with Crippen molar-refractivity contribution in [2.75, 3.05) is 26.2 Å². The van der Waals surface area contributed by atoms with Crippen LogP contribution in [0.4, 0.5) is 26.3 Å². The highest BCUT2D eigenvalue weighted by molar-refractivity contribution is 7.90. The molecule has 0 radical (unpaired) electrons. The van der Waals surface area contributed by atoms with Crippen LogP contribution in [0.25, 0.3) is 0 Å². The van der Waals surface area contributed by atoms with Gasteiger partial charge in [0.1, 0.15) is 11.9 Å². The lowest BCUT2D eigenvalue weighted by Crippen LogP contribution is -2.64. The number of carbonyl (C=O) groups is 2. The molecule has 206 valence electrons. The van der Waals surface area contributed by atoms with E-state index >= 15 is 0 Å². The van der Waals surface area contributed by atoms with Crippen molar-refractivity contribution in [3.63, 3.8) is 0 Å². The molecule has 2 N–H and O–H groups in total. The van der Waals surface area contributed by atoms with Crippen LogP contribution in [0.2, 0.25) is 0 Å². The van der Waals surface area contributed by atoms with Crippen LogP contribution in [0.3, 0.4) is 0 Å². The number of aliphatic hydroxyl groups excluding tert-OH is 1. The second-order valence-corrected chi connectivity index (χ2v) is 12.0. The Bertz CT molecular complexity index is 1030. The minimum absolute atomic E-state index is 0.175. The van der Waals surface area contributed by atoms with Crippen LogP contribution in [-0.4, -0.2) is 96.1 Å². The molecular formula is C17H26F6N2O8S2. The average molecular weight is 565 g/mol. The van der Waals surface area contributed by atoms with E-state index in [-0.39, 0.29) is 22.9 Å². The largest absolute Gasteiger partial charge is 0.439 e. The number of halogens is 6. The van der Waals surface area contributed by atoms with Gasteiger partial charge in [-0.15, -0.1) is 0 Å². The molecule has 1 aliphatic heterocycles. The van der Waals surface area contributed by atoms with E-state index in [0.717, 1.165) is 4.90 Å². The van der Waals surface area contributed by atoms with Crippen molar-refractivity contribution in [1.29, 1.82) is 0 Å². The molecule has 1 fully saturated rings. The van der Waals surface area contributed by atoms with Crippen molar-refractivity contribution in [2.45, 2.75) is 62.6 Å². The number of hydrogen-bond acceptors (Lipinski definition) is 7. The first kappa shape index (κ1) is 31.5. The molecule has 1 aliphatic rings. The molecule has 18 heteroatoms. The third-order valence-corrected chi connectivity index (χ3v) is 8.69. The number of amides is 1. The van der Waals surface area contributed by atoms with Gasteiger partial charge in [0.15, 0.2) is 0 Å². The summed E-state index contributed by atoms with van der Waals surface area (Å²) in [7, 11) is -13.8. The van der Waals surface area contributed by atoms with Crippen LogP contribution in [0.5, 0.6) is 0 Å². The van der Waals surface area contributed by atoms with E-state index in [1.54, 1.807) is 20.8 Å². The van der Waals surface area contributed by atoms with E-state index < -0.39 is 80.2 Å². The summed E-state index contributed by atoms with van der Waals surface area (Å²) < 4.78 is 135. The van der Waals surface area contributed by atoms with Crippen LogP contribution in [0, 0.1) is 5.41 Å². The average Bonchev–Trinajstić information content (AvgIpc) is 2.75. The molecule has 0 aromatic rings. The zero-order chi connectivity index (χ0) is 27.8. The van der Waals surface area contributed by atoms with Gasteiger partial charge in [0, 0.05) is 38.0 Å². The van der Waals surface area contributed by atoms with Crippen molar-refractivity contribution in [3.8, 4) is 0 Å². The number of nitrogens with zero attached hydrogens (tertiary/aromatic N) is 2. The fourth-order valence-electron chi connectivity index (χ4n) is 2.94. The Kier molecular flexibility index (Phi) is 9.10. The maximum Gasteiger partial charge on any atom is 0.439 e. The van der Waals surface area contributed by atoms with E-state index in [0.29, 0.717) is 6.42 Å². The summed E-state index contributed by atoms with van der Waals surface area (Å²) in [4.78, 5) is 25.2. The van der Waals surface area contributed by atoms with Crippen molar-refractivity contribution < 1.29 is 62.4 Å². The summed E-state index contributed by atoms with van der Waals surface area (Å²) in [6, 6.07) is 0. The molecule has 1 saturated heterocycles. The Morgan fingerprint density at radius 3 is 1.77 bits per heavy atom. The fraction of sp³-hybridized carbons (Fsp3) is 0.882. The smallest absolute Gasteiger partial charge is 0.383 e. The maximum atomic E-state index is 14.1. The maximum absolute atomic E-state index is 14.1. The van der Waals surface area contributed by atoms with E-state index in [4.69, 9.17) is 4.55 Å². The molecule has 1 amide bonds. The summed E-state index contributed by atoms with van der Waals surface area (Å²) in [5, 5.41) is -3.49. The van der Waals surface area contributed by atoms with Crippen molar-refractivity contribution >= 4 is 31.8 Å². The monoisotopic (exact) mass is 564 g/mol. The van der Waals surface area contributed by atoms with Crippen LogP contribution < -0.4 is 0 Å². The Labute approximate surface area is 198 Å². The quantitative estimate of drug-likeness (QED) is 0.282. The number of piperazine rings is 1. The first-order chi connectivity index (χ1) is 15.5. The van der Waals surface area contributed by atoms with Crippen molar-refractivity contribution in [1.82, 2.24) is 9.21 Å². The zero-order valence-corrected chi connectivity index (χ0v) is 20.5. The molecule has 0 aromatic heterocycles. The van der Waals surface area contributed by atoms with E-state index in [9.17, 15) is 57.9 Å². The second-order valence-electron chi connectivity index (χ2n) is 8.53. The molecule has 1 unspecified atom stereocenters. The molecule has 0 aliphatic carbocycles. The summed E-state index contributed by atoms with van der Waals surface area (Å²) in [5.74, 6) is -8.30. The number of hydrogen-bond donors (Lipinski definition) is 2. The van der Waals surface area contributed by atoms with Gasteiger partial charge in [0.05, 0.1) is 0 Å². The van der Waals surface area contributed by atoms with Crippen LogP contribution in [0.15, 0.2) is 0 Å². The van der Waals surface area contributed by atoms with Gasteiger partial charge in [0.25, 0.3) is 15.9 Å². The number of Topliss-reactive ketones (excluding diaryl/α,β-unsaturated/α-hetero) is 1. The lowest BCUT2D eigenvalue weighted by atomic mass is 9.83. The number of sulfonamides is 1. The molecule has 35 heavy (non-hydrogen) atoms. The Morgan fingerprint density at radius 2 is 1.37 bits per heavy atom. The number of carbonyl (C=O) groups excluding carboxylic acids is 2. The molecule has 1 heterocycles. The summed E-state index contributed by atoms with van der Waals surface area (Å²) >= 11 is 0. The molecule has 0 spiro atoms. The lowest BCUT2D eigenvalue weighted by Gasteiger charge is -2.38. The molecule has 0 aromatic carbocycles. The number of rotatable bonds is 11. The molecular weight excluding hydrogens is 538 g/mol. The van der Waals surface area contributed by atoms with Gasteiger partial charge in [-0.05, 0) is 12.8 Å². The Morgan fingerprint density at radius 1 is 0.914 bits per heavy atom. The number of ketones is 1. The number of alkyl halides is 6. The first-order valence-corrected chi connectivity index (χ1v) is 13.0. The topological polar surface area (TPSA) is 149 Å². The van der Waals surface area contributed by atoms with Gasteiger partial charge in [-0.1, -0.05) is 20.8 Å². The van der Waals surface area contributed by atoms with Crippen LogP contribution >= 0.6 is 0 Å². The summed E-state index contributed by atoms with van der Waals surface area (Å²) in [5.41, 5.74) is -0.706. The highest BCUT2D eigenvalue weighted by atomic mass is 32.2. The van der Waals surface area contributed by atoms with E-state index in [1.165, 1.54) is 0 Å².